The first kappa shape index (κ1) is 14.8. The third-order valence-corrected chi connectivity index (χ3v) is 3.29. The largest absolute Gasteiger partial charge is 0.482 e. The van der Waals surface area contributed by atoms with Crippen molar-refractivity contribution in [3.05, 3.63) is 22.2 Å². The second-order valence-corrected chi connectivity index (χ2v) is 5.06. The van der Waals surface area contributed by atoms with E-state index < -0.39 is 24.8 Å². The molecule has 4 nitrogen and oxygen atoms in total. The summed E-state index contributed by atoms with van der Waals surface area (Å²) in [6.45, 7) is -0.190. The molecule has 1 aromatic rings. The molecule has 0 fully saturated rings. The molecule has 1 aromatic carbocycles. The molecule has 0 atom stereocenters. The summed E-state index contributed by atoms with van der Waals surface area (Å²) in [7, 11) is 0. The molecule has 1 aliphatic heterocycles. The summed E-state index contributed by atoms with van der Waals surface area (Å²) in [6.07, 6.45) is -6.18. The highest BCUT2D eigenvalue weighted by atomic mass is 79.9. The van der Waals surface area contributed by atoms with Crippen LogP contribution in [-0.4, -0.2) is 24.5 Å². The van der Waals surface area contributed by atoms with Crippen molar-refractivity contribution in [2.24, 2.45) is 0 Å². The highest BCUT2D eigenvalue weighted by Crippen LogP contribution is 2.34. The summed E-state index contributed by atoms with van der Waals surface area (Å²) in [6, 6.07) is 2.77. The molecular weight excluding hydrogens is 343 g/mol. The van der Waals surface area contributed by atoms with E-state index >= 15 is 0 Å². The van der Waals surface area contributed by atoms with Crippen molar-refractivity contribution in [2.45, 2.75) is 19.0 Å². The van der Waals surface area contributed by atoms with Gasteiger partial charge < -0.3 is 10.1 Å². The van der Waals surface area contributed by atoms with Crippen molar-refractivity contribution in [2.75, 3.05) is 11.9 Å². The van der Waals surface area contributed by atoms with Gasteiger partial charge in [-0.3, -0.25) is 9.59 Å². The third-order valence-electron chi connectivity index (χ3n) is 2.64. The minimum absolute atomic E-state index is 0.101. The van der Waals surface area contributed by atoms with E-state index in [1.54, 1.807) is 0 Å². The molecule has 0 aliphatic carbocycles. The first-order valence-electron chi connectivity index (χ1n) is 5.62. The van der Waals surface area contributed by atoms with Crippen LogP contribution in [0.1, 0.15) is 23.2 Å². The van der Waals surface area contributed by atoms with Gasteiger partial charge in [0.15, 0.2) is 12.4 Å². The second kappa shape index (κ2) is 5.43. The zero-order chi connectivity index (χ0) is 14.9. The standard InChI is InChI=1S/C12H9BrF3NO3/c13-7-4-8-10(20-5-11(19)17-8)3-6(7)9(18)1-2-12(14,15)16/h3-4H,1-2,5H2,(H,17,19). The number of alkyl halides is 3. The molecule has 20 heavy (non-hydrogen) atoms. The van der Waals surface area contributed by atoms with Crippen LogP contribution in [0.2, 0.25) is 0 Å². The van der Waals surface area contributed by atoms with Crippen LogP contribution in [0.4, 0.5) is 18.9 Å². The van der Waals surface area contributed by atoms with Crippen molar-refractivity contribution in [1.29, 1.82) is 0 Å². The van der Waals surface area contributed by atoms with Gasteiger partial charge in [0.25, 0.3) is 5.91 Å². The van der Waals surface area contributed by atoms with E-state index in [4.69, 9.17) is 4.74 Å². The smallest absolute Gasteiger partial charge is 0.389 e. The number of ketones is 1. The monoisotopic (exact) mass is 351 g/mol. The number of anilines is 1. The normalized spacial score (nSPS) is 14.3. The van der Waals surface area contributed by atoms with Gasteiger partial charge in [-0.05, 0) is 28.1 Å². The minimum atomic E-state index is -4.37. The number of amides is 1. The van der Waals surface area contributed by atoms with Crippen LogP contribution in [0.25, 0.3) is 0 Å². The van der Waals surface area contributed by atoms with E-state index in [9.17, 15) is 22.8 Å². The van der Waals surface area contributed by atoms with Crippen molar-refractivity contribution >= 4 is 33.3 Å². The topological polar surface area (TPSA) is 55.4 Å². The Morgan fingerprint density at radius 1 is 1.40 bits per heavy atom. The summed E-state index contributed by atoms with van der Waals surface area (Å²) < 4.78 is 41.8. The molecule has 0 radical (unpaired) electrons. The Morgan fingerprint density at radius 2 is 2.10 bits per heavy atom. The van der Waals surface area contributed by atoms with Gasteiger partial charge >= 0.3 is 6.18 Å². The van der Waals surface area contributed by atoms with Crippen molar-refractivity contribution in [1.82, 2.24) is 0 Å². The number of rotatable bonds is 3. The molecule has 0 spiro atoms. The summed E-state index contributed by atoms with van der Waals surface area (Å²) >= 11 is 3.11. The van der Waals surface area contributed by atoms with Crippen LogP contribution >= 0.6 is 15.9 Å². The quantitative estimate of drug-likeness (QED) is 0.850. The van der Waals surface area contributed by atoms with Crippen LogP contribution < -0.4 is 10.1 Å². The van der Waals surface area contributed by atoms with Gasteiger partial charge in [-0.25, -0.2) is 0 Å². The van der Waals surface area contributed by atoms with E-state index in [0.29, 0.717) is 10.2 Å². The number of ether oxygens (including phenoxy) is 1. The van der Waals surface area contributed by atoms with E-state index in [1.807, 2.05) is 0 Å². The Morgan fingerprint density at radius 3 is 2.75 bits per heavy atom. The molecule has 0 bridgehead atoms. The van der Waals surface area contributed by atoms with Crippen molar-refractivity contribution < 1.29 is 27.5 Å². The number of benzene rings is 1. The predicted octanol–water partition coefficient (Wildman–Crippen LogP) is 3.31. The van der Waals surface area contributed by atoms with Crippen LogP contribution in [0.15, 0.2) is 16.6 Å². The highest BCUT2D eigenvalue weighted by Gasteiger charge is 2.29. The fourth-order valence-corrected chi connectivity index (χ4v) is 2.27. The predicted molar refractivity (Wildman–Crippen MR) is 67.9 cm³/mol. The number of carbonyl (C=O) groups excluding carboxylic acids is 2. The van der Waals surface area contributed by atoms with Crippen molar-refractivity contribution in [3.63, 3.8) is 0 Å². The fourth-order valence-electron chi connectivity index (χ4n) is 1.70. The average Bonchev–Trinajstić information content (AvgIpc) is 2.34. The molecular formula is C12H9BrF3NO3. The van der Waals surface area contributed by atoms with Gasteiger partial charge in [-0.15, -0.1) is 0 Å². The molecule has 1 heterocycles. The average molecular weight is 352 g/mol. The van der Waals surface area contributed by atoms with Gasteiger partial charge in [0.1, 0.15) is 5.75 Å². The SMILES string of the molecule is O=C1COc2cc(C(=O)CCC(F)(F)F)c(Br)cc2N1. The van der Waals surface area contributed by atoms with E-state index in [-0.39, 0.29) is 23.8 Å². The Kier molecular flexibility index (Phi) is 4.03. The van der Waals surface area contributed by atoms with E-state index in [1.165, 1.54) is 12.1 Å². The Balaban J connectivity index is 2.20. The maximum Gasteiger partial charge on any atom is 0.389 e. The van der Waals surface area contributed by atoms with Gasteiger partial charge in [0, 0.05) is 16.5 Å². The lowest BCUT2D eigenvalue weighted by atomic mass is 10.0. The molecule has 1 amide bonds. The van der Waals surface area contributed by atoms with Crippen molar-refractivity contribution in [3.8, 4) is 5.75 Å². The molecule has 108 valence electrons. The third kappa shape index (κ3) is 3.50. The number of carbonyl (C=O) groups is 2. The molecule has 8 heteroatoms. The Hall–Kier alpha value is -1.57. The Labute approximate surface area is 120 Å². The second-order valence-electron chi connectivity index (χ2n) is 4.20. The van der Waals surface area contributed by atoms with E-state index in [2.05, 4.69) is 21.2 Å². The van der Waals surface area contributed by atoms with Crippen LogP contribution in [-0.2, 0) is 4.79 Å². The first-order chi connectivity index (χ1) is 9.26. The molecule has 2 rings (SSSR count). The van der Waals surface area contributed by atoms with Crippen LogP contribution in [0.5, 0.6) is 5.75 Å². The fraction of sp³-hybridized carbons (Fsp3) is 0.333. The van der Waals surface area contributed by atoms with Gasteiger partial charge in [-0.2, -0.15) is 13.2 Å². The maximum absolute atomic E-state index is 12.1. The number of hydrogen-bond acceptors (Lipinski definition) is 3. The van der Waals surface area contributed by atoms with Crippen LogP contribution in [0, 0.1) is 0 Å². The first-order valence-corrected chi connectivity index (χ1v) is 6.42. The lowest BCUT2D eigenvalue weighted by molar-refractivity contribution is -0.133. The number of hydrogen-bond donors (Lipinski definition) is 1. The van der Waals surface area contributed by atoms with E-state index in [0.717, 1.165) is 0 Å². The highest BCUT2D eigenvalue weighted by molar-refractivity contribution is 9.10. The number of Topliss-reactive ketones (excluding diaryl/α,β-unsaturated/α-hetero) is 1. The van der Waals surface area contributed by atoms with Crippen LogP contribution in [0.3, 0.4) is 0 Å². The summed E-state index contributed by atoms with van der Waals surface area (Å²) in [5.74, 6) is -0.707. The molecule has 0 aromatic heterocycles. The number of nitrogens with one attached hydrogen (secondary N) is 1. The molecule has 0 saturated carbocycles. The van der Waals surface area contributed by atoms with Gasteiger partial charge in [0.2, 0.25) is 0 Å². The molecule has 1 aliphatic rings. The van der Waals surface area contributed by atoms with Gasteiger partial charge in [-0.1, -0.05) is 0 Å². The number of halogens is 4. The molecule has 0 unspecified atom stereocenters. The summed E-state index contributed by atoms with van der Waals surface area (Å²) in [4.78, 5) is 22.9. The number of fused-ring (bicyclic) bond motifs is 1. The minimum Gasteiger partial charge on any atom is -0.482 e. The zero-order valence-corrected chi connectivity index (χ0v) is 11.6. The summed E-state index contributed by atoms with van der Waals surface area (Å²) in [5.41, 5.74) is 0.477. The lowest BCUT2D eigenvalue weighted by Gasteiger charge is -2.19. The summed E-state index contributed by atoms with van der Waals surface area (Å²) in [5, 5.41) is 2.54. The lowest BCUT2D eigenvalue weighted by Crippen LogP contribution is -2.25. The van der Waals surface area contributed by atoms with Gasteiger partial charge in [0.05, 0.1) is 12.1 Å². The molecule has 0 saturated heterocycles. The Bertz CT molecular complexity index is 572. The zero-order valence-electron chi connectivity index (χ0n) is 10.0. The molecule has 1 N–H and O–H groups in total. The maximum atomic E-state index is 12.1.